The highest BCUT2D eigenvalue weighted by Gasteiger charge is 2.28. The van der Waals surface area contributed by atoms with Gasteiger partial charge in [0.15, 0.2) is 17.5 Å². The number of hydrogen-bond donors (Lipinski definition) is 2. The lowest BCUT2D eigenvalue weighted by Gasteiger charge is -2.35. The van der Waals surface area contributed by atoms with Crippen LogP contribution in [-0.2, 0) is 4.74 Å². The van der Waals surface area contributed by atoms with Crippen molar-refractivity contribution in [3.63, 3.8) is 0 Å². The number of amides is 1. The van der Waals surface area contributed by atoms with Crippen LogP contribution >= 0.6 is 11.6 Å². The van der Waals surface area contributed by atoms with E-state index in [4.69, 9.17) is 16.3 Å². The van der Waals surface area contributed by atoms with Gasteiger partial charge in [-0.2, -0.15) is 0 Å². The number of alkyl halides is 1. The molecule has 2 atom stereocenters. The number of nitrogens with zero attached hydrogens (tertiary/aromatic N) is 4. The Kier molecular flexibility index (Phi) is 6.17. The number of carbonyl (C=O) groups excluding carboxylic acids is 1. The van der Waals surface area contributed by atoms with E-state index in [0.29, 0.717) is 37.6 Å². The van der Waals surface area contributed by atoms with Gasteiger partial charge < -0.3 is 19.9 Å². The van der Waals surface area contributed by atoms with Gasteiger partial charge in [-0.05, 0) is 26.2 Å². The Morgan fingerprint density at radius 3 is 3.17 bits per heavy atom. The van der Waals surface area contributed by atoms with Gasteiger partial charge in [0.1, 0.15) is 5.49 Å². The normalized spacial score (nSPS) is 20.7. The average Bonchev–Trinajstić information content (AvgIpc) is 3.16. The predicted octanol–water partition coefficient (Wildman–Crippen LogP) is 2.05. The molecule has 0 aliphatic carbocycles. The summed E-state index contributed by atoms with van der Waals surface area (Å²) in [6, 6.07) is -0.0835. The Labute approximate surface area is 178 Å². The van der Waals surface area contributed by atoms with E-state index < -0.39 is 5.82 Å². The highest BCUT2D eigenvalue weighted by atomic mass is 35.5. The smallest absolute Gasteiger partial charge is 0.410 e. The molecule has 4 rings (SSSR count). The number of rotatable bonds is 5. The van der Waals surface area contributed by atoms with E-state index in [2.05, 4.69) is 25.3 Å². The third kappa shape index (κ3) is 4.26. The van der Waals surface area contributed by atoms with Crippen molar-refractivity contribution in [2.24, 2.45) is 4.99 Å². The van der Waals surface area contributed by atoms with Gasteiger partial charge in [0, 0.05) is 30.1 Å². The first-order valence-electron chi connectivity index (χ1n) is 10.1. The Bertz CT molecular complexity index is 1040. The van der Waals surface area contributed by atoms with Crippen molar-refractivity contribution < 1.29 is 13.9 Å². The summed E-state index contributed by atoms with van der Waals surface area (Å²) in [5, 5.41) is 3.67. The van der Waals surface area contributed by atoms with Crippen LogP contribution in [0.3, 0.4) is 0 Å². The fraction of sp³-hybridized carbons (Fsp3) is 0.500. The summed E-state index contributed by atoms with van der Waals surface area (Å²) < 4.78 is 19.5. The fourth-order valence-corrected chi connectivity index (χ4v) is 4.01. The summed E-state index contributed by atoms with van der Waals surface area (Å²) in [5.41, 5.74) is 1.43. The zero-order valence-electron chi connectivity index (χ0n) is 16.7. The summed E-state index contributed by atoms with van der Waals surface area (Å²) in [6.45, 7) is 3.63. The summed E-state index contributed by atoms with van der Waals surface area (Å²) in [5.74, 6) is -0.0791. The van der Waals surface area contributed by atoms with Crippen LogP contribution in [0, 0.1) is 5.82 Å². The molecule has 10 heteroatoms. The van der Waals surface area contributed by atoms with Crippen molar-refractivity contribution in [2.45, 2.75) is 37.6 Å². The molecule has 2 aromatic rings. The zero-order valence-corrected chi connectivity index (χ0v) is 17.5. The molecule has 1 unspecified atom stereocenters. The number of likely N-dealkylation sites (tertiary alicyclic amines) is 1. The number of ether oxygens (including phenoxy) is 1. The first-order chi connectivity index (χ1) is 14.6. The molecule has 1 fully saturated rings. The Balaban J connectivity index is 1.54. The molecule has 0 bridgehead atoms. The molecular weight excluding hydrogens is 411 g/mol. The van der Waals surface area contributed by atoms with E-state index in [1.807, 2.05) is 6.08 Å². The van der Waals surface area contributed by atoms with E-state index in [-0.39, 0.29) is 23.3 Å². The molecule has 2 N–H and O–H groups in total. The molecule has 0 radical (unpaired) electrons. The Hall–Kier alpha value is -2.68. The minimum Gasteiger partial charge on any atom is -0.450 e. The average molecular weight is 435 g/mol. The Morgan fingerprint density at radius 2 is 2.33 bits per heavy atom. The second-order valence-corrected chi connectivity index (χ2v) is 7.86. The third-order valence-corrected chi connectivity index (χ3v) is 5.55. The van der Waals surface area contributed by atoms with E-state index in [1.54, 1.807) is 18.0 Å². The zero-order chi connectivity index (χ0) is 21.1. The van der Waals surface area contributed by atoms with Gasteiger partial charge >= 0.3 is 6.09 Å². The number of fused-ring (bicyclic) bond motifs is 1. The second kappa shape index (κ2) is 8.99. The number of aromatic nitrogens is 3. The summed E-state index contributed by atoms with van der Waals surface area (Å²) in [6.07, 6.45) is 7.23. The lowest BCUT2D eigenvalue weighted by atomic mass is 10.0. The van der Waals surface area contributed by atoms with Gasteiger partial charge in [-0.15, -0.1) is 11.6 Å². The lowest BCUT2D eigenvalue weighted by Crippen LogP contribution is -2.47. The molecule has 0 spiro atoms. The van der Waals surface area contributed by atoms with Crippen LogP contribution in [0.2, 0.25) is 0 Å². The summed E-state index contributed by atoms with van der Waals surface area (Å²) in [7, 11) is 0. The first-order valence-corrected chi connectivity index (χ1v) is 10.6. The van der Waals surface area contributed by atoms with Crippen LogP contribution < -0.4 is 16.0 Å². The molecule has 2 aliphatic rings. The van der Waals surface area contributed by atoms with E-state index in [0.717, 1.165) is 36.2 Å². The monoisotopic (exact) mass is 434 g/mol. The number of nitrogens with one attached hydrogen (secondary N) is 2. The molecule has 2 aliphatic heterocycles. The third-order valence-electron chi connectivity index (χ3n) is 5.29. The minimum absolute atomic E-state index is 0.0835. The van der Waals surface area contributed by atoms with E-state index in [1.165, 1.54) is 0 Å². The van der Waals surface area contributed by atoms with Gasteiger partial charge in [-0.3, -0.25) is 4.99 Å². The van der Waals surface area contributed by atoms with Crippen LogP contribution in [0.15, 0.2) is 17.4 Å². The van der Waals surface area contributed by atoms with Crippen LogP contribution in [0.25, 0.3) is 17.5 Å². The van der Waals surface area contributed by atoms with Gasteiger partial charge in [-0.1, -0.05) is 6.08 Å². The van der Waals surface area contributed by atoms with Gasteiger partial charge in [-0.25, -0.2) is 19.2 Å². The van der Waals surface area contributed by atoms with Crippen molar-refractivity contribution in [3.8, 4) is 11.4 Å². The van der Waals surface area contributed by atoms with Crippen LogP contribution in [-0.4, -0.2) is 63.6 Å². The van der Waals surface area contributed by atoms with E-state index >= 15 is 0 Å². The molecule has 160 valence electrons. The maximum Gasteiger partial charge on any atom is 0.410 e. The molecule has 1 amide bonds. The molecule has 0 aromatic carbocycles. The van der Waals surface area contributed by atoms with E-state index in [9.17, 15) is 9.18 Å². The topological polar surface area (TPSA) is 95.5 Å². The van der Waals surface area contributed by atoms with Gasteiger partial charge in [0.25, 0.3) is 0 Å². The molecular formula is C20H24ClFN6O2. The summed E-state index contributed by atoms with van der Waals surface area (Å²) >= 11 is 6.20. The fourth-order valence-electron chi connectivity index (χ4n) is 3.82. The van der Waals surface area contributed by atoms with Crippen molar-refractivity contribution in [2.75, 3.05) is 31.6 Å². The number of hydrogen-bond acceptors (Lipinski definition) is 6. The SMILES string of the molecule is CCOC(=O)N1CCCC[C@@H]1CNc1nc(-c2c[nH]c3c2=CC(Cl)CN=3)ncc1F. The second-order valence-electron chi connectivity index (χ2n) is 7.30. The quantitative estimate of drug-likeness (QED) is 0.702. The van der Waals surface area contributed by atoms with Crippen LogP contribution in [0.4, 0.5) is 15.0 Å². The van der Waals surface area contributed by atoms with Crippen molar-refractivity contribution in [1.29, 1.82) is 0 Å². The van der Waals surface area contributed by atoms with Crippen molar-refractivity contribution >= 4 is 29.6 Å². The Morgan fingerprint density at radius 1 is 1.47 bits per heavy atom. The first kappa shape index (κ1) is 20.6. The summed E-state index contributed by atoms with van der Waals surface area (Å²) in [4.78, 5) is 29.9. The number of aromatic amines is 1. The molecule has 8 nitrogen and oxygen atoms in total. The maximum atomic E-state index is 14.4. The number of H-pyrrole nitrogens is 1. The van der Waals surface area contributed by atoms with Gasteiger partial charge in [0.05, 0.1) is 30.8 Å². The number of anilines is 1. The molecule has 4 heterocycles. The minimum atomic E-state index is -0.550. The molecule has 0 saturated carbocycles. The van der Waals surface area contributed by atoms with Crippen LogP contribution in [0.1, 0.15) is 26.2 Å². The van der Waals surface area contributed by atoms with Crippen molar-refractivity contribution in [3.05, 3.63) is 28.9 Å². The number of halogens is 2. The lowest BCUT2D eigenvalue weighted by molar-refractivity contribution is 0.0797. The highest BCUT2D eigenvalue weighted by Crippen LogP contribution is 2.20. The van der Waals surface area contributed by atoms with Gasteiger partial charge in [0.2, 0.25) is 0 Å². The van der Waals surface area contributed by atoms with Crippen molar-refractivity contribution in [1.82, 2.24) is 19.9 Å². The predicted molar refractivity (Wildman–Crippen MR) is 111 cm³/mol. The molecule has 2 aromatic heterocycles. The molecule has 30 heavy (non-hydrogen) atoms. The largest absolute Gasteiger partial charge is 0.450 e. The number of piperidine rings is 1. The number of carbonyl (C=O) groups is 1. The highest BCUT2D eigenvalue weighted by molar-refractivity contribution is 6.24. The molecule has 1 saturated heterocycles. The van der Waals surface area contributed by atoms with Crippen LogP contribution in [0.5, 0.6) is 0 Å². The maximum absolute atomic E-state index is 14.4. The standard InChI is InChI=1S/C20H24ClFN6O2/c1-2-30-20(29)28-6-4-3-5-13(28)9-24-19-16(22)11-26-18(27-19)15-10-25-17-14(15)7-12(21)8-23-17/h7,10-13H,2-6,8-9H2,1H3,(H,23,25)(H,24,26,27)/t12?,13-/m1/s1.